The van der Waals surface area contributed by atoms with Gasteiger partial charge < -0.3 is 15.3 Å². The average molecular weight is 324 g/mol. The lowest BCUT2D eigenvalue weighted by Gasteiger charge is -2.42. The molecule has 0 bridgehead atoms. The van der Waals surface area contributed by atoms with E-state index >= 15 is 0 Å². The molecule has 2 amide bonds. The number of carboxylic acid groups (broad SMARTS) is 1. The fraction of sp³-hybridized carbons (Fsp3) is 0.600. The number of carbonyl (C=O) groups excluding carboxylic acids is 2. The van der Waals surface area contributed by atoms with Crippen LogP contribution in [0.1, 0.15) is 26.7 Å². The number of likely N-dealkylation sites (N-methyl/N-ethyl adjacent to an activating group) is 1. The molecule has 128 valence electrons. The molecule has 1 aromatic heterocycles. The molecule has 0 saturated carbocycles. The van der Waals surface area contributed by atoms with E-state index < -0.39 is 5.54 Å². The van der Waals surface area contributed by atoms with Crippen LogP contribution in [0.25, 0.3) is 0 Å². The van der Waals surface area contributed by atoms with Crippen molar-refractivity contribution in [2.24, 2.45) is 5.92 Å². The van der Waals surface area contributed by atoms with Crippen LogP contribution in [-0.2, 0) is 19.9 Å². The van der Waals surface area contributed by atoms with Gasteiger partial charge in [-0.2, -0.15) is 5.10 Å². The van der Waals surface area contributed by atoms with Gasteiger partial charge in [-0.25, -0.2) is 0 Å². The van der Waals surface area contributed by atoms with E-state index in [0.717, 1.165) is 6.42 Å². The van der Waals surface area contributed by atoms with Crippen LogP contribution in [0.15, 0.2) is 18.5 Å². The van der Waals surface area contributed by atoms with Crippen molar-refractivity contribution in [1.29, 1.82) is 0 Å². The van der Waals surface area contributed by atoms with Gasteiger partial charge in [0.2, 0.25) is 11.8 Å². The molecule has 1 saturated heterocycles. The van der Waals surface area contributed by atoms with E-state index in [4.69, 9.17) is 9.90 Å². The lowest BCUT2D eigenvalue weighted by Crippen LogP contribution is -2.59. The number of amides is 2. The Labute approximate surface area is 135 Å². The molecule has 0 aromatic carbocycles. The highest BCUT2D eigenvalue weighted by atomic mass is 16.3. The molecular formula is C15H24N4O4. The largest absolute Gasteiger partial charge is 0.483 e. The van der Waals surface area contributed by atoms with Crippen LogP contribution < -0.4 is 5.32 Å². The van der Waals surface area contributed by atoms with Crippen LogP contribution >= 0.6 is 0 Å². The first-order valence-corrected chi connectivity index (χ1v) is 7.52. The average Bonchev–Trinajstić information content (AvgIpc) is 3.09. The number of nitrogens with zero attached hydrogens (tertiary/aromatic N) is 3. The second-order valence-corrected chi connectivity index (χ2v) is 5.68. The molecule has 1 atom stereocenters. The van der Waals surface area contributed by atoms with Crippen LogP contribution in [0.2, 0.25) is 0 Å². The summed E-state index contributed by atoms with van der Waals surface area (Å²) < 4.78 is 1.69. The molecule has 8 heteroatoms. The van der Waals surface area contributed by atoms with Crippen molar-refractivity contribution in [2.75, 3.05) is 20.1 Å². The van der Waals surface area contributed by atoms with Crippen molar-refractivity contribution in [3.63, 3.8) is 0 Å². The lowest BCUT2D eigenvalue weighted by atomic mass is 9.87. The first-order chi connectivity index (χ1) is 10.9. The second kappa shape index (κ2) is 8.30. The lowest BCUT2D eigenvalue weighted by molar-refractivity contribution is -0.142. The van der Waals surface area contributed by atoms with E-state index in [1.807, 2.05) is 13.8 Å². The minimum atomic E-state index is -0.791. The summed E-state index contributed by atoms with van der Waals surface area (Å²) in [6.07, 6.45) is 4.94. The summed E-state index contributed by atoms with van der Waals surface area (Å²) in [6.45, 7) is 4.60. The molecule has 0 aliphatic carbocycles. The van der Waals surface area contributed by atoms with Gasteiger partial charge in [-0.3, -0.25) is 19.1 Å². The maximum Gasteiger partial charge on any atom is 0.290 e. The van der Waals surface area contributed by atoms with Crippen molar-refractivity contribution in [2.45, 2.75) is 32.2 Å². The summed E-state index contributed by atoms with van der Waals surface area (Å²) in [6, 6.07) is 1.80. The molecule has 0 spiro atoms. The minimum absolute atomic E-state index is 0.0619. The van der Waals surface area contributed by atoms with Gasteiger partial charge in [0.25, 0.3) is 6.47 Å². The smallest absolute Gasteiger partial charge is 0.290 e. The van der Waals surface area contributed by atoms with Crippen molar-refractivity contribution in [3.8, 4) is 0 Å². The Morgan fingerprint density at radius 1 is 1.43 bits per heavy atom. The van der Waals surface area contributed by atoms with Crippen molar-refractivity contribution in [1.82, 2.24) is 20.0 Å². The number of hydrogen-bond acceptors (Lipinski definition) is 4. The first kappa shape index (κ1) is 18.7. The van der Waals surface area contributed by atoms with E-state index in [0.29, 0.717) is 19.5 Å². The summed E-state index contributed by atoms with van der Waals surface area (Å²) in [5.74, 6) is -0.0688. The zero-order chi connectivity index (χ0) is 17.5. The van der Waals surface area contributed by atoms with Gasteiger partial charge in [0, 0.05) is 31.9 Å². The summed E-state index contributed by atoms with van der Waals surface area (Å²) in [7, 11) is 1.62. The van der Waals surface area contributed by atoms with Crippen LogP contribution in [0.4, 0.5) is 0 Å². The summed E-state index contributed by atoms with van der Waals surface area (Å²) >= 11 is 0. The molecular weight excluding hydrogens is 300 g/mol. The zero-order valence-corrected chi connectivity index (χ0v) is 13.7. The third kappa shape index (κ3) is 4.08. The van der Waals surface area contributed by atoms with Crippen LogP contribution in [0.3, 0.4) is 0 Å². The van der Waals surface area contributed by atoms with Crippen LogP contribution in [-0.4, -0.2) is 58.2 Å². The fourth-order valence-corrected chi connectivity index (χ4v) is 2.82. The molecule has 1 aromatic rings. The number of aromatic nitrogens is 2. The molecule has 1 aliphatic rings. The van der Waals surface area contributed by atoms with Crippen LogP contribution in [0.5, 0.6) is 0 Å². The molecule has 2 rings (SSSR count). The number of rotatable bonds is 3. The van der Waals surface area contributed by atoms with Gasteiger partial charge in [-0.1, -0.05) is 13.8 Å². The van der Waals surface area contributed by atoms with Crippen molar-refractivity contribution < 1.29 is 19.5 Å². The quantitative estimate of drug-likeness (QED) is 0.778. The van der Waals surface area contributed by atoms with Gasteiger partial charge in [0.15, 0.2) is 5.54 Å². The van der Waals surface area contributed by atoms with Gasteiger partial charge in [-0.15, -0.1) is 0 Å². The zero-order valence-electron chi connectivity index (χ0n) is 13.7. The van der Waals surface area contributed by atoms with Crippen LogP contribution in [0, 0.1) is 5.92 Å². The topological polar surface area (TPSA) is 105 Å². The molecule has 2 heterocycles. The SMILES string of the molecule is CNC(=O)C1(n2cccn2)CCCN(C(=O)C(C)C)C1.O=CO. The number of piperidine rings is 1. The predicted molar refractivity (Wildman–Crippen MR) is 83.6 cm³/mol. The minimum Gasteiger partial charge on any atom is -0.483 e. The highest BCUT2D eigenvalue weighted by molar-refractivity contribution is 5.86. The summed E-state index contributed by atoms with van der Waals surface area (Å²) in [4.78, 5) is 34.8. The third-order valence-corrected chi connectivity index (χ3v) is 3.87. The Morgan fingerprint density at radius 3 is 2.57 bits per heavy atom. The predicted octanol–water partition coefficient (Wildman–Crippen LogP) is 0.304. The highest BCUT2D eigenvalue weighted by Gasteiger charge is 2.45. The van der Waals surface area contributed by atoms with Gasteiger partial charge in [0.1, 0.15) is 0 Å². The Balaban J connectivity index is 0.000000816. The second-order valence-electron chi connectivity index (χ2n) is 5.68. The number of hydrogen-bond donors (Lipinski definition) is 2. The molecule has 2 N–H and O–H groups in total. The van der Waals surface area contributed by atoms with Crippen molar-refractivity contribution in [3.05, 3.63) is 18.5 Å². The maximum atomic E-state index is 12.4. The normalized spacial score (nSPS) is 20.4. The fourth-order valence-electron chi connectivity index (χ4n) is 2.82. The molecule has 23 heavy (non-hydrogen) atoms. The maximum absolute atomic E-state index is 12.4. The number of carbonyl (C=O) groups is 3. The monoisotopic (exact) mass is 324 g/mol. The Kier molecular flexibility index (Phi) is 6.74. The van der Waals surface area contributed by atoms with E-state index in [1.165, 1.54) is 0 Å². The molecule has 1 aliphatic heterocycles. The molecule has 0 radical (unpaired) electrons. The first-order valence-electron chi connectivity index (χ1n) is 7.52. The Bertz CT molecular complexity index is 530. The third-order valence-electron chi connectivity index (χ3n) is 3.87. The molecule has 1 fully saturated rings. The molecule has 1 unspecified atom stereocenters. The molecule has 8 nitrogen and oxygen atoms in total. The van der Waals surface area contributed by atoms with E-state index in [1.54, 1.807) is 35.1 Å². The van der Waals surface area contributed by atoms with Gasteiger partial charge in [0.05, 0.1) is 6.54 Å². The van der Waals surface area contributed by atoms with E-state index in [9.17, 15) is 9.59 Å². The Morgan fingerprint density at radius 2 is 2.09 bits per heavy atom. The van der Waals surface area contributed by atoms with Gasteiger partial charge >= 0.3 is 0 Å². The number of likely N-dealkylation sites (tertiary alicyclic amines) is 1. The number of nitrogens with one attached hydrogen (secondary N) is 1. The summed E-state index contributed by atoms with van der Waals surface area (Å²) in [5, 5.41) is 13.8. The van der Waals surface area contributed by atoms with Crippen molar-refractivity contribution >= 4 is 18.3 Å². The summed E-state index contributed by atoms with van der Waals surface area (Å²) in [5.41, 5.74) is -0.791. The standard InChI is InChI=1S/C14H22N4O2.CH2O2/c1-11(2)12(19)17-8-4-6-14(10-17,13(20)15-3)18-9-5-7-16-18;2-1-3/h5,7,9,11H,4,6,8,10H2,1-3H3,(H,15,20);1H,(H,2,3). The van der Waals surface area contributed by atoms with E-state index in [-0.39, 0.29) is 24.2 Å². The Hall–Kier alpha value is -2.38. The van der Waals surface area contributed by atoms with E-state index in [2.05, 4.69) is 10.4 Å². The van der Waals surface area contributed by atoms with Gasteiger partial charge in [-0.05, 0) is 18.9 Å². The highest BCUT2D eigenvalue weighted by Crippen LogP contribution is 2.29.